The molecule has 1 N–H and O–H groups in total. The fourth-order valence-electron chi connectivity index (χ4n) is 2.19. The Kier molecular flexibility index (Phi) is 6.08. The number of ether oxygens (including phenoxy) is 1. The van der Waals surface area contributed by atoms with Gasteiger partial charge in [0.2, 0.25) is 11.8 Å². The molecule has 0 atom stereocenters. The van der Waals surface area contributed by atoms with Gasteiger partial charge in [0.1, 0.15) is 5.00 Å². The highest BCUT2D eigenvalue weighted by Crippen LogP contribution is 2.33. The standard InChI is InChI=1S/C16H21N3O4S/c1-5-6-11-17-13(23-19-11)8-7-12(20)18-15-14(16(21)22-4)9(2)10(3)24-15/h5-8H2,1-4H3,(H,18,20). The third kappa shape index (κ3) is 4.19. The van der Waals surface area contributed by atoms with E-state index in [1.807, 2.05) is 20.8 Å². The van der Waals surface area contributed by atoms with Crippen molar-refractivity contribution in [1.82, 2.24) is 10.1 Å². The quantitative estimate of drug-likeness (QED) is 0.771. The summed E-state index contributed by atoms with van der Waals surface area (Å²) in [5, 5.41) is 7.15. The lowest BCUT2D eigenvalue weighted by Gasteiger charge is -2.05. The molecule has 2 heterocycles. The number of carbonyl (C=O) groups excluding carboxylic acids is 2. The third-order valence-corrected chi connectivity index (χ3v) is 4.70. The van der Waals surface area contributed by atoms with Gasteiger partial charge in [-0.1, -0.05) is 12.1 Å². The van der Waals surface area contributed by atoms with Crippen molar-refractivity contribution >= 4 is 28.2 Å². The van der Waals surface area contributed by atoms with Gasteiger partial charge in [-0.3, -0.25) is 4.79 Å². The number of hydrogen-bond acceptors (Lipinski definition) is 7. The highest BCUT2D eigenvalue weighted by atomic mass is 32.1. The average molecular weight is 351 g/mol. The number of aromatic nitrogens is 2. The summed E-state index contributed by atoms with van der Waals surface area (Å²) in [4.78, 5) is 29.2. The van der Waals surface area contributed by atoms with E-state index < -0.39 is 5.97 Å². The van der Waals surface area contributed by atoms with Gasteiger partial charge in [0, 0.05) is 24.1 Å². The second kappa shape index (κ2) is 8.05. The first-order chi connectivity index (χ1) is 11.5. The van der Waals surface area contributed by atoms with E-state index in [4.69, 9.17) is 9.26 Å². The maximum Gasteiger partial charge on any atom is 0.341 e. The van der Waals surface area contributed by atoms with Crippen molar-refractivity contribution < 1.29 is 18.8 Å². The van der Waals surface area contributed by atoms with Crippen LogP contribution < -0.4 is 5.32 Å². The number of rotatable bonds is 7. The smallest absolute Gasteiger partial charge is 0.341 e. The van der Waals surface area contributed by atoms with E-state index >= 15 is 0 Å². The van der Waals surface area contributed by atoms with Gasteiger partial charge < -0.3 is 14.6 Å². The van der Waals surface area contributed by atoms with Crippen LogP contribution in [0, 0.1) is 13.8 Å². The Hall–Kier alpha value is -2.22. The molecule has 8 heteroatoms. The molecule has 2 aromatic heterocycles. The van der Waals surface area contributed by atoms with Gasteiger partial charge in [-0.15, -0.1) is 11.3 Å². The van der Waals surface area contributed by atoms with Crippen molar-refractivity contribution in [2.75, 3.05) is 12.4 Å². The Balaban J connectivity index is 1.99. The van der Waals surface area contributed by atoms with Crippen LogP contribution in [0.5, 0.6) is 0 Å². The van der Waals surface area contributed by atoms with Gasteiger partial charge in [-0.2, -0.15) is 4.98 Å². The topological polar surface area (TPSA) is 94.3 Å². The number of amides is 1. The summed E-state index contributed by atoms with van der Waals surface area (Å²) in [5.74, 6) is 0.440. The minimum atomic E-state index is -0.451. The van der Waals surface area contributed by atoms with Crippen molar-refractivity contribution in [3.8, 4) is 0 Å². The highest BCUT2D eigenvalue weighted by Gasteiger charge is 2.21. The molecule has 2 rings (SSSR count). The molecular weight excluding hydrogens is 330 g/mol. The van der Waals surface area contributed by atoms with E-state index in [0.29, 0.717) is 28.7 Å². The van der Waals surface area contributed by atoms with Crippen molar-refractivity contribution in [2.45, 2.75) is 46.5 Å². The average Bonchev–Trinajstić information content (AvgIpc) is 3.10. The molecule has 0 aliphatic rings. The van der Waals surface area contributed by atoms with Crippen LogP contribution in [0.3, 0.4) is 0 Å². The Morgan fingerprint density at radius 2 is 2.04 bits per heavy atom. The van der Waals surface area contributed by atoms with E-state index in [2.05, 4.69) is 15.5 Å². The van der Waals surface area contributed by atoms with Crippen LogP contribution in [0.15, 0.2) is 4.52 Å². The Morgan fingerprint density at radius 3 is 2.71 bits per heavy atom. The van der Waals surface area contributed by atoms with Crippen molar-refractivity contribution in [3.63, 3.8) is 0 Å². The third-order valence-electron chi connectivity index (χ3n) is 3.58. The second-order valence-corrected chi connectivity index (χ2v) is 6.61. The minimum absolute atomic E-state index is 0.199. The molecule has 0 bridgehead atoms. The van der Waals surface area contributed by atoms with Crippen molar-refractivity contribution in [2.24, 2.45) is 0 Å². The summed E-state index contributed by atoms with van der Waals surface area (Å²) in [6.45, 7) is 5.77. The first kappa shape index (κ1) is 18.1. The largest absolute Gasteiger partial charge is 0.465 e. The zero-order valence-corrected chi connectivity index (χ0v) is 15.1. The van der Waals surface area contributed by atoms with Crippen LogP contribution in [-0.2, 0) is 22.4 Å². The number of hydrogen-bond donors (Lipinski definition) is 1. The van der Waals surface area contributed by atoms with Gasteiger partial charge in [0.05, 0.1) is 12.7 Å². The van der Waals surface area contributed by atoms with Crippen LogP contribution in [-0.4, -0.2) is 29.1 Å². The molecule has 0 aromatic carbocycles. The monoisotopic (exact) mass is 351 g/mol. The van der Waals surface area contributed by atoms with Gasteiger partial charge in [0.25, 0.3) is 0 Å². The lowest BCUT2D eigenvalue weighted by Crippen LogP contribution is -2.14. The zero-order valence-electron chi connectivity index (χ0n) is 14.3. The normalized spacial score (nSPS) is 10.7. The predicted molar refractivity (Wildman–Crippen MR) is 90.4 cm³/mol. The first-order valence-corrected chi connectivity index (χ1v) is 8.57. The summed E-state index contributed by atoms with van der Waals surface area (Å²) in [6.07, 6.45) is 2.25. The van der Waals surface area contributed by atoms with Gasteiger partial charge >= 0.3 is 5.97 Å². The molecule has 7 nitrogen and oxygen atoms in total. The molecular formula is C16H21N3O4S. The van der Waals surface area contributed by atoms with Gasteiger partial charge in [-0.05, 0) is 25.8 Å². The second-order valence-electron chi connectivity index (χ2n) is 5.38. The Labute approximate surface area is 144 Å². The van der Waals surface area contributed by atoms with Crippen LogP contribution in [0.2, 0.25) is 0 Å². The molecule has 24 heavy (non-hydrogen) atoms. The summed E-state index contributed by atoms with van der Waals surface area (Å²) in [5.41, 5.74) is 1.24. The van der Waals surface area contributed by atoms with E-state index in [9.17, 15) is 9.59 Å². The molecule has 0 unspecified atom stereocenters. The number of esters is 1. The van der Waals surface area contributed by atoms with Crippen LogP contribution in [0.1, 0.15) is 52.3 Å². The van der Waals surface area contributed by atoms with Crippen molar-refractivity contribution in [3.05, 3.63) is 27.7 Å². The first-order valence-electron chi connectivity index (χ1n) is 7.75. The summed E-state index contributed by atoms with van der Waals surface area (Å²) in [6, 6.07) is 0. The Morgan fingerprint density at radius 1 is 1.29 bits per heavy atom. The van der Waals surface area contributed by atoms with Crippen LogP contribution in [0.25, 0.3) is 0 Å². The van der Waals surface area contributed by atoms with E-state index in [1.165, 1.54) is 18.4 Å². The molecule has 0 aliphatic heterocycles. The SMILES string of the molecule is CCCc1noc(CCC(=O)Nc2sc(C)c(C)c2C(=O)OC)n1. The highest BCUT2D eigenvalue weighted by molar-refractivity contribution is 7.16. The predicted octanol–water partition coefficient (Wildman–Crippen LogP) is 3.06. The molecule has 130 valence electrons. The number of carbonyl (C=O) groups is 2. The number of thiophene rings is 1. The number of nitrogens with one attached hydrogen (secondary N) is 1. The lowest BCUT2D eigenvalue weighted by molar-refractivity contribution is -0.116. The van der Waals surface area contributed by atoms with Crippen LogP contribution in [0.4, 0.5) is 5.00 Å². The molecule has 2 aromatic rings. The van der Waals surface area contributed by atoms with E-state index in [0.717, 1.165) is 23.3 Å². The molecule has 1 amide bonds. The molecule has 0 saturated carbocycles. The maximum absolute atomic E-state index is 12.2. The summed E-state index contributed by atoms with van der Waals surface area (Å²) in [7, 11) is 1.32. The fourth-order valence-corrected chi connectivity index (χ4v) is 3.25. The minimum Gasteiger partial charge on any atom is -0.465 e. The maximum atomic E-state index is 12.2. The van der Waals surface area contributed by atoms with Crippen LogP contribution >= 0.6 is 11.3 Å². The number of nitrogens with zero attached hydrogens (tertiary/aromatic N) is 2. The Bertz CT molecular complexity index is 736. The molecule has 0 saturated heterocycles. The number of methoxy groups -OCH3 is 1. The zero-order chi connectivity index (χ0) is 17.7. The van der Waals surface area contributed by atoms with Crippen molar-refractivity contribution in [1.29, 1.82) is 0 Å². The number of aryl methyl sites for hydroxylation is 3. The summed E-state index contributed by atoms with van der Waals surface area (Å²) < 4.78 is 9.90. The van der Waals surface area contributed by atoms with Gasteiger partial charge in [-0.25, -0.2) is 4.79 Å². The molecule has 0 aliphatic carbocycles. The summed E-state index contributed by atoms with van der Waals surface area (Å²) >= 11 is 1.36. The molecule has 0 spiro atoms. The fraction of sp³-hybridized carbons (Fsp3) is 0.500. The van der Waals surface area contributed by atoms with E-state index in [1.54, 1.807) is 0 Å². The molecule has 0 fully saturated rings. The lowest BCUT2D eigenvalue weighted by atomic mass is 10.1. The number of anilines is 1. The molecule has 0 radical (unpaired) electrons. The van der Waals surface area contributed by atoms with E-state index in [-0.39, 0.29) is 12.3 Å². The van der Waals surface area contributed by atoms with Gasteiger partial charge in [0.15, 0.2) is 5.82 Å².